The maximum atomic E-state index is 13.7. The highest BCUT2D eigenvalue weighted by molar-refractivity contribution is 7.90. The Morgan fingerprint density at radius 1 is 0.917 bits per heavy atom. The van der Waals surface area contributed by atoms with Crippen LogP contribution in [0.15, 0.2) is 90.1 Å². The van der Waals surface area contributed by atoms with E-state index in [4.69, 9.17) is 0 Å². The molecule has 1 aliphatic heterocycles. The Kier molecular flexibility index (Phi) is 5.23. The van der Waals surface area contributed by atoms with Gasteiger partial charge in [-0.25, -0.2) is 17.4 Å². The second kappa shape index (κ2) is 8.46. The summed E-state index contributed by atoms with van der Waals surface area (Å²) in [6.07, 6.45) is 5.09. The summed E-state index contributed by atoms with van der Waals surface area (Å²) in [5.74, 6) is 0. The predicted molar refractivity (Wildman–Crippen MR) is 142 cm³/mol. The molecule has 0 saturated carbocycles. The number of benzene rings is 3. The van der Waals surface area contributed by atoms with Crippen LogP contribution in [0.3, 0.4) is 0 Å². The Morgan fingerprint density at radius 3 is 2.42 bits per heavy atom. The topological polar surface area (TPSA) is 81.1 Å². The molecule has 6 nitrogen and oxygen atoms in total. The smallest absolute Gasteiger partial charge is 0.269 e. The van der Waals surface area contributed by atoms with Gasteiger partial charge in [0.2, 0.25) is 0 Å². The number of nitrogens with one attached hydrogen (secondary N) is 1. The Balaban J connectivity index is 1.57. The first-order valence-electron chi connectivity index (χ1n) is 11.7. The second-order valence-electron chi connectivity index (χ2n) is 9.04. The van der Waals surface area contributed by atoms with Gasteiger partial charge in [-0.05, 0) is 60.4 Å². The maximum Gasteiger partial charge on any atom is 0.269 e. The minimum Gasteiger partial charge on any atom is -0.384 e. The third kappa shape index (κ3) is 3.69. The molecule has 3 aromatic carbocycles. The molecule has 178 valence electrons. The van der Waals surface area contributed by atoms with Crippen LogP contribution in [-0.4, -0.2) is 30.2 Å². The van der Waals surface area contributed by atoms with E-state index in [0.29, 0.717) is 11.2 Å². The van der Waals surface area contributed by atoms with Crippen LogP contribution in [0.2, 0.25) is 0 Å². The van der Waals surface area contributed by atoms with E-state index in [1.165, 1.54) is 9.54 Å². The van der Waals surface area contributed by atoms with E-state index < -0.39 is 10.0 Å². The summed E-state index contributed by atoms with van der Waals surface area (Å²) in [5, 5.41) is 4.12. The lowest BCUT2D eigenvalue weighted by atomic mass is 10.00. The van der Waals surface area contributed by atoms with Gasteiger partial charge in [-0.2, -0.15) is 0 Å². The highest BCUT2D eigenvalue weighted by Crippen LogP contribution is 2.37. The first kappa shape index (κ1) is 22.2. The molecular weight excluding hydrogens is 470 g/mol. The standard InChI is InChI=1S/C29H23N3O3S/c1-19-2-9-25(10-3-19)36(34,35)32-17-27(22-8-11-28-23(14-22)12-13-30-28)26-15-24(16-31-29(26)32)21-6-4-20(18-33)5-7-21/h2-11,14-18,30H,12-13H2,1H3. The van der Waals surface area contributed by atoms with Gasteiger partial charge in [-0.1, -0.05) is 48.0 Å². The molecule has 0 amide bonds. The van der Waals surface area contributed by atoms with Gasteiger partial charge >= 0.3 is 0 Å². The molecule has 0 aliphatic carbocycles. The first-order chi connectivity index (χ1) is 17.4. The van der Waals surface area contributed by atoms with E-state index in [2.05, 4.69) is 16.4 Å². The summed E-state index contributed by atoms with van der Waals surface area (Å²) >= 11 is 0. The largest absolute Gasteiger partial charge is 0.384 e. The number of aldehydes is 1. The van der Waals surface area contributed by atoms with Crippen molar-refractivity contribution in [2.24, 2.45) is 0 Å². The molecule has 0 radical (unpaired) electrons. The van der Waals surface area contributed by atoms with Crippen molar-refractivity contribution in [1.29, 1.82) is 0 Å². The third-order valence-corrected chi connectivity index (χ3v) is 8.36. The van der Waals surface area contributed by atoms with E-state index in [1.54, 1.807) is 48.8 Å². The summed E-state index contributed by atoms with van der Waals surface area (Å²) < 4.78 is 28.7. The van der Waals surface area contributed by atoms with Crippen LogP contribution in [0.4, 0.5) is 5.69 Å². The van der Waals surface area contributed by atoms with Gasteiger partial charge < -0.3 is 5.32 Å². The number of carbonyl (C=O) groups excluding carboxylic acids is 1. The molecule has 3 heterocycles. The molecule has 2 aromatic heterocycles. The molecule has 5 aromatic rings. The Labute approximate surface area is 209 Å². The number of pyridine rings is 1. The number of carbonyl (C=O) groups is 1. The van der Waals surface area contributed by atoms with Crippen LogP contribution < -0.4 is 5.32 Å². The number of hydrogen-bond donors (Lipinski definition) is 1. The minimum absolute atomic E-state index is 0.213. The molecule has 0 unspecified atom stereocenters. The molecule has 1 N–H and O–H groups in total. The number of aromatic nitrogens is 2. The number of aryl methyl sites for hydroxylation is 1. The van der Waals surface area contributed by atoms with Crippen molar-refractivity contribution in [2.75, 3.05) is 11.9 Å². The van der Waals surface area contributed by atoms with Crippen molar-refractivity contribution in [2.45, 2.75) is 18.2 Å². The molecule has 0 atom stereocenters. The van der Waals surface area contributed by atoms with Crippen LogP contribution in [0.1, 0.15) is 21.5 Å². The van der Waals surface area contributed by atoms with E-state index >= 15 is 0 Å². The van der Waals surface area contributed by atoms with Crippen LogP contribution in [0, 0.1) is 6.92 Å². The van der Waals surface area contributed by atoms with Crippen molar-refractivity contribution < 1.29 is 13.2 Å². The predicted octanol–water partition coefficient (Wildman–Crippen LogP) is 5.70. The van der Waals surface area contributed by atoms with Gasteiger partial charge in [0.1, 0.15) is 6.29 Å². The van der Waals surface area contributed by atoms with Gasteiger partial charge in [0.15, 0.2) is 5.65 Å². The Hall–Kier alpha value is -4.23. The number of anilines is 1. The number of fused-ring (bicyclic) bond motifs is 2. The molecule has 36 heavy (non-hydrogen) atoms. The number of hydrogen-bond acceptors (Lipinski definition) is 5. The average Bonchev–Trinajstić information content (AvgIpc) is 3.53. The molecular formula is C29H23N3O3S. The molecule has 0 saturated heterocycles. The fourth-order valence-corrected chi connectivity index (χ4v) is 6.03. The van der Waals surface area contributed by atoms with E-state index in [0.717, 1.165) is 58.1 Å². The molecule has 7 heteroatoms. The van der Waals surface area contributed by atoms with Gasteiger partial charge in [0, 0.05) is 46.7 Å². The van der Waals surface area contributed by atoms with Crippen LogP contribution in [-0.2, 0) is 16.4 Å². The lowest BCUT2D eigenvalue weighted by Crippen LogP contribution is -2.12. The average molecular weight is 494 g/mol. The minimum atomic E-state index is -3.86. The third-order valence-electron chi connectivity index (χ3n) is 6.70. The van der Waals surface area contributed by atoms with Crippen LogP contribution >= 0.6 is 0 Å². The SMILES string of the molecule is Cc1ccc(S(=O)(=O)n2cc(-c3ccc4c(c3)CCN4)c3cc(-c4ccc(C=O)cc4)cnc32)cc1. The van der Waals surface area contributed by atoms with E-state index in [-0.39, 0.29) is 4.90 Å². The lowest BCUT2D eigenvalue weighted by molar-refractivity contribution is 0.112. The van der Waals surface area contributed by atoms with Gasteiger partial charge in [0.05, 0.1) is 4.90 Å². The Bertz CT molecular complexity index is 1740. The summed E-state index contributed by atoms with van der Waals surface area (Å²) in [6.45, 7) is 2.82. The highest BCUT2D eigenvalue weighted by atomic mass is 32.2. The van der Waals surface area contributed by atoms with Crippen molar-refractivity contribution in [1.82, 2.24) is 8.96 Å². The van der Waals surface area contributed by atoms with Crippen molar-refractivity contribution in [3.63, 3.8) is 0 Å². The zero-order valence-electron chi connectivity index (χ0n) is 19.6. The second-order valence-corrected chi connectivity index (χ2v) is 10.9. The maximum absolute atomic E-state index is 13.7. The van der Waals surface area contributed by atoms with Crippen molar-refractivity contribution in [3.05, 3.63) is 102 Å². The summed E-state index contributed by atoms with van der Waals surface area (Å²) in [5.41, 5.74) is 7.76. The molecule has 6 rings (SSSR count). The summed E-state index contributed by atoms with van der Waals surface area (Å²) in [6, 6.07) is 22.2. The van der Waals surface area contributed by atoms with Crippen molar-refractivity contribution >= 4 is 33.0 Å². The monoisotopic (exact) mass is 493 g/mol. The quantitative estimate of drug-likeness (QED) is 0.318. The van der Waals surface area contributed by atoms with Crippen molar-refractivity contribution in [3.8, 4) is 22.3 Å². The van der Waals surface area contributed by atoms with Gasteiger partial charge in [-0.15, -0.1) is 0 Å². The highest BCUT2D eigenvalue weighted by Gasteiger charge is 2.24. The molecule has 0 fully saturated rings. The van der Waals surface area contributed by atoms with Gasteiger partial charge in [0.25, 0.3) is 10.0 Å². The summed E-state index contributed by atoms with van der Waals surface area (Å²) in [7, 11) is -3.86. The number of nitrogens with zero attached hydrogens (tertiary/aromatic N) is 2. The van der Waals surface area contributed by atoms with Crippen LogP contribution in [0.25, 0.3) is 33.3 Å². The molecule has 0 spiro atoms. The van der Waals surface area contributed by atoms with Crippen LogP contribution in [0.5, 0.6) is 0 Å². The normalized spacial score (nSPS) is 12.9. The summed E-state index contributed by atoms with van der Waals surface area (Å²) in [4.78, 5) is 15.9. The molecule has 1 aliphatic rings. The fourth-order valence-electron chi connectivity index (χ4n) is 4.70. The first-order valence-corrected chi connectivity index (χ1v) is 13.1. The zero-order valence-corrected chi connectivity index (χ0v) is 20.4. The molecule has 0 bridgehead atoms. The van der Waals surface area contributed by atoms with Gasteiger partial charge in [-0.3, -0.25) is 4.79 Å². The van der Waals surface area contributed by atoms with E-state index in [9.17, 15) is 13.2 Å². The lowest BCUT2D eigenvalue weighted by Gasteiger charge is -2.08. The number of rotatable bonds is 5. The zero-order chi connectivity index (χ0) is 24.9. The van der Waals surface area contributed by atoms with E-state index in [1.807, 2.05) is 37.3 Å². The fraction of sp³-hybridized carbons (Fsp3) is 0.103. The Morgan fingerprint density at radius 2 is 1.67 bits per heavy atom.